The summed E-state index contributed by atoms with van der Waals surface area (Å²) in [5.74, 6) is -6.30. The highest BCUT2D eigenvalue weighted by Crippen LogP contribution is 2.19. The molecule has 0 amide bonds. The van der Waals surface area contributed by atoms with Crippen molar-refractivity contribution in [3.8, 4) is 0 Å². The quantitative estimate of drug-likeness (QED) is 0.459. The molecular formula is C8H13NO6. The first-order valence-corrected chi connectivity index (χ1v) is 4.20. The Balaban J connectivity index is 4.73. The van der Waals surface area contributed by atoms with Crippen LogP contribution in [0.25, 0.3) is 0 Å². The zero-order valence-electron chi connectivity index (χ0n) is 8.08. The van der Waals surface area contributed by atoms with Crippen LogP contribution in [0, 0.1) is 11.8 Å². The number of carboxylic acids is 3. The normalized spacial score (nSPS) is 16.4. The summed E-state index contributed by atoms with van der Waals surface area (Å²) >= 11 is 0. The van der Waals surface area contributed by atoms with E-state index < -0.39 is 42.2 Å². The molecule has 0 saturated heterocycles. The first-order valence-electron chi connectivity index (χ1n) is 4.20. The van der Waals surface area contributed by atoms with Crippen molar-refractivity contribution in [1.82, 2.24) is 0 Å². The van der Waals surface area contributed by atoms with Crippen LogP contribution in [0.1, 0.15) is 13.3 Å². The van der Waals surface area contributed by atoms with Gasteiger partial charge in [-0.2, -0.15) is 0 Å². The third kappa shape index (κ3) is 3.94. The van der Waals surface area contributed by atoms with Crippen LogP contribution in [0.3, 0.4) is 0 Å². The summed E-state index contributed by atoms with van der Waals surface area (Å²) < 4.78 is 0. The average molecular weight is 219 g/mol. The maximum absolute atomic E-state index is 10.7. The molecule has 0 fully saturated rings. The van der Waals surface area contributed by atoms with E-state index in [1.807, 2.05) is 0 Å². The van der Waals surface area contributed by atoms with Gasteiger partial charge in [0.2, 0.25) is 0 Å². The fourth-order valence-electron chi connectivity index (χ4n) is 1.31. The van der Waals surface area contributed by atoms with Gasteiger partial charge >= 0.3 is 17.9 Å². The minimum Gasteiger partial charge on any atom is -0.481 e. The number of rotatable bonds is 6. The Labute approximate surface area is 85.5 Å². The van der Waals surface area contributed by atoms with E-state index in [0.29, 0.717) is 0 Å². The van der Waals surface area contributed by atoms with Crippen LogP contribution in [0.15, 0.2) is 0 Å². The van der Waals surface area contributed by atoms with E-state index in [4.69, 9.17) is 21.1 Å². The molecule has 86 valence electrons. The second kappa shape index (κ2) is 5.30. The highest BCUT2D eigenvalue weighted by Gasteiger charge is 2.36. The molecule has 0 aliphatic carbocycles. The van der Waals surface area contributed by atoms with Crippen LogP contribution < -0.4 is 5.73 Å². The second-order valence-corrected chi connectivity index (χ2v) is 3.30. The molecule has 3 atom stereocenters. The molecule has 0 bridgehead atoms. The van der Waals surface area contributed by atoms with Gasteiger partial charge in [-0.15, -0.1) is 0 Å². The molecule has 7 nitrogen and oxygen atoms in total. The molecule has 5 N–H and O–H groups in total. The molecule has 0 rings (SSSR count). The Bertz CT molecular complexity index is 276. The van der Waals surface area contributed by atoms with Crippen LogP contribution >= 0.6 is 0 Å². The number of carboxylic acid groups (broad SMARTS) is 3. The van der Waals surface area contributed by atoms with Crippen molar-refractivity contribution in [2.45, 2.75) is 19.4 Å². The summed E-state index contributed by atoms with van der Waals surface area (Å²) in [4.78, 5) is 31.6. The molecule has 3 unspecified atom stereocenters. The smallest absolute Gasteiger partial charge is 0.321 e. The van der Waals surface area contributed by atoms with E-state index in [2.05, 4.69) is 0 Å². The van der Waals surface area contributed by atoms with Crippen molar-refractivity contribution in [2.75, 3.05) is 0 Å². The maximum atomic E-state index is 10.7. The molecule has 0 aliphatic rings. The van der Waals surface area contributed by atoms with Gasteiger partial charge in [0.15, 0.2) is 0 Å². The van der Waals surface area contributed by atoms with Crippen molar-refractivity contribution in [2.24, 2.45) is 17.6 Å². The fourth-order valence-corrected chi connectivity index (χ4v) is 1.31. The van der Waals surface area contributed by atoms with Gasteiger partial charge in [-0.1, -0.05) is 6.92 Å². The molecule has 15 heavy (non-hydrogen) atoms. The SMILES string of the molecule is CC(CC(=O)O)C(C(=O)O)C(N)C(=O)O. The topological polar surface area (TPSA) is 138 Å². The number of hydrogen-bond acceptors (Lipinski definition) is 4. The highest BCUT2D eigenvalue weighted by molar-refractivity contribution is 5.83. The van der Waals surface area contributed by atoms with Crippen molar-refractivity contribution >= 4 is 17.9 Å². The second-order valence-electron chi connectivity index (χ2n) is 3.30. The number of carbonyl (C=O) groups is 3. The number of aliphatic carboxylic acids is 3. The molecular weight excluding hydrogens is 206 g/mol. The first-order chi connectivity index (χ1) is 6.77. The monoisotopic (exact) mass is 219 g/mol. The lowest BCUT2D eigenvalue weighted by molar-refractivity contribution is -0.153. The van der Waals surface area contributed by atoms with Gasteiger partial charge in [-0.05, 0) is 5.92 Å². The third-order valence-corrected chi connectivity index (χ3v) is 2.07. The first kappa shape index (κ1) is 13.4. The van der Waals surface area contributed by atoms with Crippen LogP contribution in [-0.2, 0) is 14.4 Å². The van der Waals surface area contributed by atoms with Gasteiger partial charge in [0, 0.05) is 6.42 Å². The van der Waals surface area contributed by atoms with Gasteiger partial charge in [0.1, 0.15) is 6.04 Å². The lowest BCUT2D eigenvalue weighted by atomic mass is 9.85. The van der Waals surface area contributed by atoms with E-state index in [9.17, 15) is 14.4 Å². The molecule has 0 heterocycles. The Kier molecular flexibility index (Phi) is 4.72. The molecule has 0 spiro atoms. The minimum atomic E-state index is -1.60. The Morgan fingerprint density at radius 1 is 1.13 bits per heavy atom. The molecule has 7 heteroatoms. The highest BCUT2D eigenvalue weighted by atomic mass is 16.4. The van der Waals surface area contributed by atoms with Crippen LogP contribution in [-0.4, -0.2) is 39.3 Å². The van der Waals surface area contributed by atoms with E-state index in [1.165, 1.54) is 6.92 Å². The van der Waals surface area contributed by atoms with E-state index in [-0.39, 0.29) is 0 Å². The standard InChI is InChI=1S/C8H13NO6/c1-3(2-4(10)11)5(7(12)13)6(9)8(14)15/h3,5-6H,2,9H2,1H3,(H,10,11)(H,12,13)(H,14,15). The third-order valence-electron chi connectivity index (χ3n) is 2.07. The predicted octanol–water partition coefficient (Wildman–Crippen LogP) is -0.790. The van der Waals surface area contributed by atoms with Crippen molar-refractivity contribution in [1.29, 1.82) is 0 Å². The predicted molar refractivity (Wildman–Crippen MR) is 48.2 cm³/mol. The number of nitrogens with two attached hydrogens (primary N) is 1. The summed E-state index contributed by atoms with van der Waals surface area (Å²) in [7, 11) is 0. The van der Waals surface area contributed by atoms with Crippen molar-refractivity contribution in [3.05, 3.63) is 0 Å². The van der Waals surface area contributed by atoms with Gasteiger partial charge in [0.25, 0.3) is 0 Å². The zero-order chi connectivity index (χ0) is 12.2. The fraction of sp³-hybridized carbons (Fsp3) is 0.625. The largest absolute Gasteiger partial charge is 0.481 e. The molecule has 0 aromatic heterocycles. The van der Waals surface area contributed by atoms with Gasteiger partial charge in [-0.25, -0.2) is 0 Å². The Morgan fingerprint density at radius 3 is 1.87 bits per heavy atom. The minimum absolute atomic E-state index is 0.433. The Morgan fingerprint density at radius 2 is 1.60 bits per heavy atom. The Hall–Kier alpha value is -1.63. The summed E-state index contributed by atoms with van der Waals surface area (Å²) in [6.07, 6.45) is -0.433. The lowest BCUT2D eigenvalue weighted by Crippen LogP contribution is -2.45. The van der Waals surface area contributed by atoms with E-state index >= 15 is 0 Å². The summed E-state index contributed by atoms with van der Waals surface area (Å²) in [5.41, 5.74) is 5.16. The van der Waals surface area contributed by atoms with Gasteiger partial charge in [-0.3, -0.25) is 14.4 Å². The summed E-state index contributed by atoms with van der Waals surface area (Å²) in [6.45, 7) is 1.34. The van der Waals surface area contributed by atoms with E-state index in [1.54, 1.807) is 0 Å². The lowest BCUT2D eigenvalue weighted by Gasteiger charge is -2.21. The van der Waals surface area contributed by atoms with Crippen LogP contribution in [0.5, 0.6) is 0 Å². The summed E-state index contributed by atoms with van der Waals surface area (Å²) in [5, 5.41) is 25.7. The van der Waals surface area contributed by atoms with Gasteiger partial charge < -0.3 is 21.1 Å². The molecule has 0 aliphatic heterocycles. The molecule has 0 saturated carbocycles. The van der Waals surface area contributed by atoms with E-state index in [0.717, 1.165) is 0 Å². The number of hydrogen-bond donors (Lipinski definition) is 4. The summed E-state index contributed by atoms with van der Waals surface area (Å²) in [6, 6.07) is -1.60. The van der Waals surface area contributed by atoms with Crippen LogP contribution in [0.4, 0.5) is 0 Å². The molecule has 0 radical (unpaired) electrons. The average Bonchev–Trinajstić information content (AvgIpc) is 2.01. The molecule has 0 aromatic carbocycles. The van der Waals surface area contributed by atoms with Crippen molar-refractivity contribution in [3.63, 3.8) is 0 Å². The van der Waals surface area contributed by atoms with Crippen molar-refractivity contribution < 1.29 is 29.7 Å². The maximum Gasteiger partial charge on any atom is 0.321 e. The van der Waals surface area contributed by atoms with Gasteiger partial charge in [0.05, 0.1) is 5.92 Å². The molecule has 0 aromatic rings. The van der Waals surface area contributed by atoms with Crippen LogP contribution in [0.2, 0.25) is 0 Å². The zero-order valence-corrected chi connectivity index (χ0v) is 8.08.